The summed E-state index contributed by atoms with van der Waals surface area (Å²) in [6.45, 7) is 5.79. The van der Waals surface area contributed by atoms with E-state index in [1.165, 1.54) is 0 Å². The first-order valence-electron chi connectivity index (χ1n) is 7.48. The fourth-order valence-corrected chi connectivity index (χ4v) is 1.98. The highest BCUT2D eigenvalue weighted by atomic mass is 16.2. The number of aryl methyl sites for hydroxylation is 1. The molecule has 0 aliphatic rings. The van der Waals surface area contributed by atoms with Crippen molar-refractivity contribution in [3.63, 3.8) is 0 Å². The average Bonchev–Trinajstić information content (AvgIpc) is 2.57. The number of nitrogens with one attached hydrogen (secondary N) is 4. The van der Waals surface area contributed by atoms with Gasteiger partial charge in [-0.3, -0.25) is 0 Å². The molecule has 0 bridgehead atoms. The Bertz CT molecular complexity index is 729. The van der Waals surface area contributed by atoms with E-state index in [4.69, 9.17) is 0 Å². The maximum Gasteiger partial charge on any atom is 0.323 e. The zero-order valence-electron chi connectivity index (χ0n) is 13.4. The quantitative estimate of drug-likeness (QED) is 0.628. The fraction of sp³-hybridized carbons (Fsp3) is 0.111. The molecule has 4 N–H and O–H groups in total. The predicted molar refractivity (Wildman–Crippen MR) is 97.5 cm³/mol. The third kappa shape index (κ3) is 5.17. The molecule has 0 aliphatic heterocycles. The second-order valence-electron chi connectivity index (χ2n) is 5.10. The molecule has 0 unspecified atom stereocenters. The molecular weight excluding hydrogens is 304 g/mol. The Morgan fingerprint density at radius 3 is 2.38 bits per heavy atom. The van der Waals surface area contributed by atoms with Gasteiger partial charge >= 0.3 is 12.1 Å². The van der Waals surface area contributed by atoms with Crippen LogP contribution in [-0.4, -0.2) is 18.6 Å². The minimum absolute atomic E-state index is 0.330. The summed E-state index contributed by atoms with van der Waals surface area (Å²) >= 11 is 0. The largest absolute Gasteiger partial charge is 0.334 e. The Hall–Kier alpha value is -3.28. The number of benzene rings is 2. The van der Waals surface area contributed by atoms with E-state index in [1.807, 2.05) is 31.2 Å². The van der Waals surface area contributed by atoms with E-state index in [2.05, 4.69) is 27.8 Å². The van der Waals surface area contributed by atoms with E-state index in [1.54, 1.807) is 30.3 Å². The van der Waals surface area contributed by atoms with Crippen molar-refractivity contribution >= 4 is 29.1 Å². The Morgan fingerprint density at radius 1 is 0.958 bits per heavy atom. The third-order valence-electron chi connectivity index (χ3n) is 3.18. The number of amides is 4. The summed E-state index contributed by atoms with van der Waals surface area (Å²) in [5.41, 5.74) is 2.78. The van der Waals surface area contributed by atoms with Gasteiger partial charge in [0.2, 0.25) is 0 Å². The number of carbonyl (C=O) groups is 2. The summed E-state index contributed by atoms with van der Waals surface area (Å²) in [5.74, 6) is 0. The zero-order valence-corrected chi connectivity index (χ0v) is 13.4. The van der Waals surface area contributed by atoms with Gasteiger partial charge in [-0.25, -0.2) is 9.59 Å². The molecule has 0 aliphatic carbocycles. The summed E-state index contributed by atoms with van der Waals surface area (Å²) in [6, 6.07) is 13.8. The molecule has 0 saturated carbocycles. The van der Waals surface area contributed by atoms with E-state index < -0.39 is 0 Å². The lowest BCUT2D eigenvalue weighted by molar-refractivity contribution is 0.253. The van der Waals surface area contributed by atoms with Crippen LogP contribution in [-0.2, 0) is 0 Å². The highest BCUT2D eigenvalue weighted by molar-refractivity contribution is 6.00. The van der Waals surface area contributed by atoms with Crippen LogP contribution in [0, 0.1) is 6.92 Å². The summed E-state index contributed by atoms with van der Waals surface area (Å²) in [4.78, 5) is 23.7. The normalized spacial score (nSPS) is 9.71. The minimum Gasteiger partial charge on any atom is -0.334 e. The highest BCUT2D eigenvalue weighted by Gasteiger charge is 2.07. The van der Waals surface area contributed by atoms with Gasteiger partial charge in [0, 0.05) is 23.6 Å². The van der Waals surface area contributed by atoms with Crippen LogP contribution in [0.3, 0.4) is 0 Å². The van der Waals surface area contributed by atoms with Gasteiger partial charge in [0.15, 0.2) is 0 Å². The summed E-state index contributed by atoms with van der Waals surface area (Å²) in [7, 11) is 0. The molecule has 2 aromatic carbocycles. The predicted octanol–water partition coefficient (Wildman–Crippen LogP) is 3.95. The van der Waals surface area contributed by atoms with Crippen molar-refractivity contribution in [1.82, 2.24) is 5.32 Å². The van der Waals surface area contributed by atoms with Crippen LogP contribution < -0.4 is 21.3 Å². The van der Waals surface area contributed by atoms with Crippen molar-refractivity contribution in [2.24, 2.45) is 0 Å². The topological polar surface area (TPSA) is 82.3 Å². The first-order chi connectivity index (χ1) is 11.6. The van der Waals surface area contributed by atoms with Crippen LogP contribution in [0.2, 0.25) is 0 Å². The van der Waals surface area contributed by atoms with Crippen molar-refractivity contribution in [1.29, 1.82) is 0 Å². The number of para-hydroxylation sites is 1. The fourth-order valence-electron chi connectivity index (χ4n) is 1.98. The minimum atomic E-state index is -0.355. The first-order valence-corrected chi connectivity index (χ1v) is 7.48. The second kappa shape index (κ2) is 8.38. The van der Waals surface area contributed by atoms with Crippen molar-refractivity contribution in [2.75, 3.05) is 22.5 Å². The maximum absolute atomic E-state index is 12.0. The van der Waals surface area contributed by atoms with Crippen LogP contribution in [0.4, 0.5) is 26.7 Å². The second-order valence-corrected chi connectivity index (χ2v) is 5.10. The monoisotopic (exact) mass is 324 g/mol. The van der Waals surface area contributed by atoms with Crippen molar-refractivity contribution in [2.45, 2.75) is 6.92 Å². The number of anilines is 3. The number of carbonyl (C=O) groups excluding carboxylic acids is 2. The van der Waals surface area contributed by atoms with E-state index >= 15 is 0 Å². The van der Waals surface area contributed by atoms with E-state index in [0.717, 1.165) is 5.56 Å². The van der Waals surface area contributed by atoms with Gasteiger partial charge in [-0.05, 0) is 36.8 Å². The van der Waals surface area contributed by atoms with E-state index in [0.29, 0.717) is 23.6 Å². The molecular formula is C18H20N4O2. The highest BCUT2D eigenvalue weighted by Crippen LogP contribution is 2.20. The SMILES string of the molecule is C=CCNC(=O)Nc1cc(NC(=O)Nc2ccccc2)ccc1C. The zero-order chi connectivity index (χ0) is 17.4. The first kappa shape index (κ1) is 17.1. The molecule has 0 spiro atoms. The Kier molecular flexibility index (Phi) is 5.96. The Morgan fingerprint density at radius 2 is 1.67 bits per heavy atom. The van der Waals surface area contributed by atoms with Gasteiger partial charge in [-0.15, -0.1) is 6.58 Å². The van der Waals surface area contributed by atoms with Gasteiger partial charge < -0.3 is 21.3 Å². The van der Waals surface area contributed by atoms with Crippen LogP contribution >= 0.6 is 0 Å². The smallest absolute Gasteiger partial charge is 0.323 e. The van der Waals surface area contributed by atoms with Gasteiger partial charge in [-0.2, -0.15) is 0 Å². The average molecular weight is 324 g/mol. The lowest BCUT2D eigenvalue weighted by Gasteiger charge is -2.12. The molecule has 0 atom stereocenters. The molecule has 4 amide bonds. The molecule has 24 heavy (non-hydrogen) atoms. The molecule has 0 saturated heterocycles. The Balaban J connectivity index is 2.00. The molecule has 6 nitrogen and oxygen atoms in total. The number of urea groups is 2. The van der Waals surface area contributed by atoms with E-state index in [-0.39, 0.29) is 12.1 Å². The molecule has 0 fully saturated rings. The summed E-state index contributed by atoms with van der Waals surface area (Å²) in [5, 5.41) is 10.8. The molecule has 2 aromatic rings. The van der Waals surface area contributed by atoms with Crippen LogP contribution in [0.5, 0.6) is 0 Å². The van der Waals surface area contributed by atoms with E-state index in [9.17, 15) is 9.59 Å². The summed E-state index contributed by atoms with van der Waals surface area (Å²) in [6.07, 6.45) is 1.60. The van der Waals surface area contributed by atoms with Crippen LogP contribution in [0.1, 0.15) is 5.56 Å². The number of hydrogen-bond donors (Lipinski definition) is 4. The maximum atomic E-state index is 12.0. The third-order valence-corrected chi connectivity index (χ3v) is 3.18. The van der Waals surface area contributed by atoms with Crippen molar-refractivity contribution in [3.8, 4) is 0 Å². The van der Waals surface area contributed by atoms with Crippen LogP contribution in [0.15, 0.2) is 61.2 Å². The van der Waals surface area contributed by atoms with Gasteiger partial charge in [0.05, 0.1) is 0 Å². The van der Waals surface area contributed by atoms with Gasteiger partial charge in [0.25, 0.3) is 0 Å². The number of hydrogen-bond acceptors (Lipinski definition) is 2. The van der Waals surface area contributed by atoms with Crippen LogP contribution in [0.25, 0.3) is 0 Å². The summed E-state index contributed by atoms with van der Waals surface area (Å²) < 4.78 is 0. The molecule has 124 valence electrons. The lowest BCUT2D eigenvalue weighted by atomic mass is 10.2. The Labute approximate surface area is 141 Å². The molecule has 6 heteroatoms. The van der Waals surface area contributed by atoms with Gasteiger partial charge in [-0.1, -0.05) is 30.3 Å². The molecule has 0 radical (unpaired) electrons. The lowest BCUT2D eigenvalue weighted by Crippen LogP contribution is -2.29. The number of rotatable bonds is 5. The molecule has 0 aromatic heterocycles. The standard InChI is InChI=1S/C18H20N4O2/c1-3-11-19-17(23)22-16-12-15(10-9-13(16)2)21-18(24)20-14-7-5-4-6-8-14/h3-10,12H,1,11H2,2H3,(H2,19,22,23)(H2,20,21,24). The molecule has 2 rings (SSSR count). The van der Waals surface area contributed by atoms with Crippen molar-refractivity contribution < 1.29 is 9.59 Å². The molecule has 0 heterocycles. The van der Waals surface area contributed by atoms with Gasteiger partial charge in [0.1, 0.15) is 0 Å². The van der Waals surface area contributed by atoms with Crippen molar-refractivity contribution in [3.05, 3.63) is 66.7 Å².